The third-order valence-corrected chi connectivity index (χ3v) is 4.53. The molecule has 0 heterocycles. The van der Waals surface area contributed by atoms with Crippen LogP contribution in [0.1, 0.15) is 29.9 Å². The minimum absolute atomic E-state index is 0. The summed E-state index contributed by atoms with van der Waals surface area (Å²) in [5.74, 6) is -0.161. The van der Waals surface area contributed by atoms with Crippen molar-refractivity contribution in [2.24, 2.45) is 0 Å². The van der Waals surface area contributed by atoms with Crippen molar-refractivity contribution < 1.29 is 52.7 Å². The van der Waals surface area contributed by atoms with Gasteiger partial charge in [-0.2, -0.15) is 0 Å². The SMILES string of the molecule is O=S(=O)([O-])CCC(CCc1ccc(O)cc1)c1ccc(O)cc1.[Na+]. The molecule has 0 spiro atoms. The summed E-state index contributed by atoms with van der Waals surface area (Å²) in [6, 6.07) is 13.4. The van der Waals surface area contributed by atoms with Gasteiger partial charge in [0.15, 0.2) is 0 Å². The van der Waals surface area contributed by atoms with Crippen LogP contribution in [0.3, 0.4) is 0 Å². The smallest absolute Gasteiger partial charge is 0.748 e. The zero-order valence-corrected chi connectivity index (χ0v) is 16.4. The van der Waals surface area contributed by atoms with Gasteiger partial charge in [-0.05, 0) is 60.6 Å². The number of benzene rings is 2. The van der Waals surface area contributed by atoms with Crippen molar-refractivity contribution in [3.63, 3.8) is 0 Å². The molecule has 0 aliphatic heterocycles. The first kappa shape index (κ1) is 21.0. The molecular formula is C17H19NaO5S. The Hall–Kier alpha value is -1.05. The van der Waals surface area contributed by atoms with Gasteiger partial charge in [-0.1, -0.05) is 24.3 Å². The van der Waals surface area contributed by atoms with Crippen LogP contribution in [-0.4, -0.2) is 28.9 Å². The Morgan fingerprint density at radius 2 is 1.38 bits per heavy atom. The van der Waals surface area contributed by atoms with E-state index in [1.807, 2.05) is 12.1 Å². The van der Waals surface area contributed by atoms with E-state index in [2.05, 4.69) is 0 Å². The van der Waals surface area contributed by atoms with E-state index in [0.717, 1.165) is 11.1 Å². The monoisotopic (exact) mass is 358 g/mol. The molecule has 2 aromatic rings. The molecule has 1 atom stereocenters. The van der Waals surface area contributed by atoms with Crippen molar-refractivity contribution in [3.05, 3.63) is 59.7 Å². The van der Waals surface area contributed by atoms with Crippen molar-refractivity contribution in [1.82, 2.24) is 0 Å². The summed E-state index contributed by atoms with van der Waals surface area (Å²) >= 11 is 0. The van der Waals surface area contributed by atoms with Gasteiger partial charge in [-0.15, -0.1) is 0 Å². The van der Waals surface area contributed by atoms with Crippen molar-refractivity contribution in [2.75, 3.05) is 5.75 Å². The van der Waals surface area contributed by atoms with Crippen LogP contribution in [0.25, 0.3) is 0 Å². The maximum Gasteiger partial charge on any atom is 1.00 e. The molecule has 5 nitrogen and oxygen atoms in total. The van der Waals surface area contributed by atoms with Crippen LogP contribution < -0.4 is 29.6 Å². The van der Waals surface area contributed by atoms with Gasteiger partial charge in [0.25, 0.3) is 0 Å². The van der Waals surface area contributed by atoms with Crippen LogP contribution in [-0.2, 0) is 16.5 Å². The second-order valence-corrected chi connectivity index (χ2v) is 7.07. The molecule has 0 saturated heterocycles. The summed E-state index contributed by atoms with van der Waals surface area (Å²) in [5.41, 5.74) is 1.92. The molecule has 0 aromatic heterocycles. The summed E-state index contributed by atoms with van der Waals surface area (Å²) in [4.78, 5) is 0. The molecule has 0 fully saturated rings. The van der Waals surface area contributed by atoms with Gasteiger partial charge in [-0.3, -0.25) is 0 Å². The van der Waals surface area contributed by atoms with E-state index in [4.69, 9.17) is 0 Å². The standard InChI is InChI=1S/C17H20O5S.Na/c18-16-7-2-13(3-8-16)1-4-15(11-12-23(20,21)22)14-5-9-17(19)10-6-14;/h2-3,5-10,15,18-19H,1,4,11-12H2,(H,20,21,22);/q;+1/p-1. The molecule has 0 aliphatic carbocycles. The third kappa shape index (κ3) is 7.23. The van der Waals surface area contributed by atoms with Gasteiger partial charge in [0.1, 0.15) is 11.5 Å². The predicted molar refractivity (Wildman–Crippen MR) is 86.5 cm³/mol. The average molecular weight is 358 g/mol. The Morgan fingerprint density at radius 1 is 0.875 bits per heavy atom. The second-order valence-electron chi connectivity index (χ2n) is 5.54. The first-order valence-corrected chi connectivity index (χ1v) is 8.91. The van der Waals surface area contributed by atoms with E-state index in [-0.39, 0.29) is 53.4 Å². The Labute approximate surface area is 164 Å². The van der Waals surface area contributed by atoms with Crippen molar-refractivity contribution >= 4 is 10.1 Å². The quantitative estimate of drug-likeness (QED) is 0.526. The van der Waals surface area contributed by atoms with Crippen LogP contribution in [0.4, 0.5) is 0 Å². The maximum atomic E-state index is 10.9. The van der Waals surface area contributed by atoms with Gasteiger partial charge in [0.05, 0.1) is 10.1 Å². The summed E-state index contributed by atoms with van der Waals surface area (Å²) in [5, 5.41) is 18.6. The molecule has 1 unspecified atom stereocenters. The molecule has 24 heavy (non-hydrogen) atoms. The fourth-order valence-corrected chi connectivity index (χ4v) is 3.09. The van der Waals surface area contributed by atoms with E-state index in [1.54, 1.807) is 36.4 Å². The molecule has 0 aliphatic rings. The Balaban J connectivity index is 0.00000288. The number of phenols is 2. The summed E-state index contributed by atoms with van der Waals surface area (Å²) in [6.07, 6.45) is 1.62. The second kappa shape index (κ2) is 9.44. The van der Waals surface area contributed by atoms with E-state index in [9.17, 15) is 23.2 Å². The topological polar surface area (TPSA) is 97.7 Å². The molecule has 7 heteroatoms. The largest absolute Gasteiger partial charge is 1.00 e. The van der Waals surface area contributed by atoms with Gasteiger partial charge in [0, 0.05) is 5.75 Å². The first-order valence-electron chi connectivity index (χ1n) is 7.34. The van der Waals surface area contributed by atoms with Crippen LogP contribution in [0.5, 0.6) is 11.5 Å². The van der Waals surface area contributed by atoms with Crippen molar-refractivity contribution in [2.45, 2.75) is 25.2 Å². The third-order valence-electron chi connectivity index (χ3n) is 3.80. The van der Waals surface area contributed by atoms with Crippen LogP contribution in [0.15, 0.2) is 48.5 Å². The van der Waals surface area contributed by atoms with E-state index >= 15 is 0 Å². The minimum Gasteiger partial charge on any atom is -0.748 e. The predicted octanol–water partition coefficient (Wildman–Crippen LogP) is -0.247. The number of hydrogen-bond donors (Lipinski definition) is 2. The molecule has 0 saturated carbocycles. The number of rotatable bonds is 7. The molecule has 0 amide bonds. The zero-order valence-electron chi connectivity index (χ0n) is 13.6. The summed E-state index contributed by atoms with van der Waals surface area (Å²) < 4.78 is 32.7. The van der Waals surface area contributed by atoms with E-state index in [0.29, 0.717) is 12.8 Å². The summed E-state index contributed by atoms with van der Waals surface area (Å²) in [7, 11) is -4.26. The van der Waals surface area contributed by atoms with Gasteiger partial charge < -0.3 is 14.8 Å². The molecule has 2 N–H and O–H groups in total. The fraction of sp³-hybridized carbons (Fsp3) is 0.294. The Bertz CT molecular complexity index is 727. The maximum absolute atomic E-state index is 10.9. The molecule has 124 valence electrons. The molecule has 2 rings (SSSR count). The fourth-order valence-electron chi connectivity index (χ4n) is 2.51. The minimum atomic E-state index is -4.26. The van der Waals surface area contributed by atoms with E-state index < -0.39 is 15.9 Å². The Morgan fingerprint density at radius 3 is 1.88 bits per heavy atom. The number of aryl methyl sites for hydroxylation is 1. The number of aromatic hydroxyl groups is 2. The Kier molecular flexibility index (Phi) is 8.26. The molecule has 0 radical (unpaired) electrons. The van der Waals surface area contributed by atoms with Gasteiger partial charge in [0.2, 0.25) is 0 Å². The molecule has 0 bridgehead atoms. The number of hydrogen-bond acceptors (Lipinski definition) is 5. The van der Waals surface area contributed by atoms with E-state index in [1.165, 1.54) is 0 Å². The van der Waals surface area contributed by atoms with Crippen LogP contribution in [0, 0.1) is 0 Å². The van der Waals surface area contributed by atoms with Crippen molar-refractivity contribution in [1.29, 1.82) is 0 Å². The number of phenolic OH excluding ortho intramolecular Hbond substituents is 2. The normalized spacial score (nSPS) is 12.4. The van der Waals surface area contributed by atoms with Crippen LogP contribution in [0.2, 0.25) is 0 Å². The van der Waals surface area contributed by atoms with Crippen molar-refractivity contribution in [3.8, 4) is 11.5 Å². The summed E-state index contributed by atoms with van der Waals surface area (Å²) in [6.45, 7) is 0. The molecule has 2 aromatic carbocycles. The first-order chi connectivity index (χ1) is 10.8. The zero-order chi connectivity index (χ0) is 16.9. The average Bonchev–Trinajstić information content (AvgIpc) is 2.49. The van der Waals surface area contributed by atoms with Gasteiger partial charge >= 0.3 is 29.6 Å². The molecular weight excluding hydrogens is 339 g/mol. The van der Waals surface area contributed by atoms with Crippen LogP contribution >= 0.6 is 0 Å². The van der Waals surface area contributed by atoms with Gasteiger partial charge in [-0.25, -0.2) is 8.42 Å².